The van der Waals surface area contributed by atoms with Crippen LogP contribution in [0.1, 0.15) is 51.9 Å². The third kappa shape index (κ3) is 9.64. The predicted molar refractivity (Wildman–Crippen MR) is 65.5 cm³/mol. The lowest BCUT2D eigenvalue weighted by Gasteiger charge is -2.08. The number of hydrogen-bond acceptors (Lipinski definition) is 5. The highest BCUT2D eigenvalue weighted by Gasteiger charge is 2.09. The lowest BCUT2D eigenvalue weighted by molar-refractivity contribution is -0.144. The first-order valence-electron chi connectivity index (χ1n) is 6.23. The van der Waals surface area contributed by atoms with Crippen LogP contribution in [0.15, 0.2) is 0 Å². The van der Waals surface area contributed by atoms with Crippen molar-refractivity contribution in [2.75, 3.05) is 7.11 Å². The van der Waals surface area contributed by atoms with Crippen LogP contribution in [0.25, 0.3) is 0 Å². The standard InChI is InChI=1S/C13H21NO4/c1-11(15)18-12(10-14)8-6-4-3-5-7-9-13(16)17-2/h12H,3-9H2,1-2H3. The van der Waals surface area contributed by atoms with Crippen LogP contribution in [0, 0.1) is 11.3 Å². The number of unbranched alkanes of at least 4 members (excludes halogenated alkanes) is 4. The second-order valence-electron chi connectivity index (χ2n) is 4.11. The highest BCUT2D eigenvalue weighted by molar-refractivity contribution is 5.69. The van der Waals surface area contributed by atoms with E-state index in [0.29, 0.717) is 12.8 Å². The van der Waals surface area contributed by atoms with Gasteiger partial charge >= 0.3 is 11.9 Å². The second kappa shape index (κ2) is 10.6. The zero-order valence-corrected chi connectivity index (χ0v) is 11.1. The fourth-order valence-corrected chi connectivity index (χ4v) is 1.58. The maximum atomic E-state index is 10.8. The maximum absolute atomic E-state index is 10.8. The predicted octanol–water partition coefficient (Wildman–Crippen LogP) is 2.35. The summed E-state index contributed by atoms with van der Waals surface area (Å²) >= 11 is 0. The number of esters is 2. The van der Waals surface area contributed by atoms with Crippen molar-refractivity contribution in [3.8, 4) is 6.07 Å². The molecule has 5 nitrogen and oxygen atoms in total. The van der Waals surface area contributed by atoms with Crippen LogP contribution in [0.4, 0.5) is 0 Å². The molecule has 0 fully saturated rings. The van der Waals surface area contributed by atoms with Crippen molar-refractivity contribution in [2.45, 2.75) is 58.0 Å². The van der Waals surface area contributed by atoms with Crippen LogP contribution in [-0.4, -0.2) is 25.2 Å². The van der Waals surface area contributed by atoms with Crippen molar-refractivity contribution in [2.24, 2.45) is 0 Å². The fourth-order valence-electron chi connectivity index (χ4n) is 1.58. The monoisotopic (exact) mass is 255 g/mol. The molecule has 5 heteroatoms. The van der Waals surface area contributed by atoms with E-state index < -0.39 is 12.1 Å². The molecule has 0 rings (SSSR count). The van der Waals surface area contributed by atoms with E-state index in [1.54, 1.807) is 0 Å². The summed E-state index contributed by atoms with van der Waals surface area (Å²) in [5.74, 6) is -0.589. The summed E-state index contributed by atoms with van der Waals surface area (Å²) in [7, 11) is 1.39. The van der Waals surface area contributed by atoms with Crippen LogP contribution in [0.2, 0.25) is 0 Å². The van der Waals surface area contributed by atoms with Gasteiger partial charge in [-0.05, 0) is 19.3 Å². The van der Waals surface area contributed by atoms with Crippen LogP contribution in [0.3, 0.4) is 0 Å². The number of nitriles is 1. The molecular formula is C13H21NO4. The fraction of sp³-hybridized carbons (Fsp3) is 0.769. The number of methoxy groups -OCH3 is 1. The first-order valence-corrected chi connectivity index (χ1v) is 6.23. The summed E-state index contributed by atoms with van der Waals surface area (Å²) < 4.78 is 9.35. The largest absolute Gasteiger partial charge is 0.469 e. The Labute approximate surface area is 108 Å². The van der Waals surface area contributed by atoms with E-state index in [1.165, 1.54) is 14.0 Å². The Morgan fingerprint density at radius 3 is 2.33 bits per heavy atom. The topological polar surface area (TPSA) is 76.4 Å². The summed E-state index contributed by atoms with van der Waals surface area (Å²) in [6.07, 6.45) is 5.05. The molecule has 0 spiro atoms. The normalized spacial score (nSPS) is 11.4. The summed E-state index contributed by atoms with van der Waals surface area (Å²) in [6, 6.07) is 1.95. The van der Waals surface area contributed by atoms with Crippen LogP contribution < -0.4 is 0 Å². The molecule has 1 atom stereocenters. The van der Waals surface area contributed by atoms with Gasteiger partial charge < -0.3 is 9.47 Å². The zero-order valence-electron chi connectivity index (χ0n) is 11.1. The molecule has 0 aromatic carbocycles. The van der Waals surface area contributed by atoms with Gasteiger partial charge in [0.1, 0.15) is 6.07 Å². The minimum absolute atomic E-state index is 0.172. The summed E-state index contributed by atoms with van der Waals surface area (Å²) in [6.45, 7) is 1.30. The molecule has 102 valence electrons. The van der Waals surface area contributed by atoms with E-state index in [-0.39, 0.29) is 5.97 Å². The van der Waals surface area contributed by atoms with Crippen molar-refractivity contribution in [3.05, 3.63) is 0 Å². The molecule has 1 unspecified atom stereocenters. The molecule has 0 aliphatic carbocycles. The molecule has 0 aromatic rings. The Hall–Kier alpha value is -1.57. The van der Waals surface area contributed by atoms with Gasteiger partial charge in [0.15, 0.2) is 6.10 Å². The molecular weight excluding hydrogens is 234 g/mol. The average molecular weight is 255 g/mol. The molecule has 18 heavy (non-hydrogen) atoms. The van der Waals surface area contributed by atoms with Gasteiger partial charge in [-0.2, -0.15) is 5.26 Å². The summed E-state index contributed by atoms with van der Waals surface area (Å²) in [5, 5.41) is 8.73. The smallest absolute Gasteiger partial charge is 0.305 e. The van der Waals surface area contributed by atoms with Crippen LogP contribution in [0.5, 0.6) is 0 Å². The van der Waals surface area contributed by atoms with Gasteiger partial charge in [-0.15, -0.1) is 0 Å². The van der Waals surface area contributed by atoms with E-state index in [0.717, 1.165) is 32.1 Å². The Kier molecular flexibility index (Phi) is 9.65. The third-order valence-electron chi connectivity index (χ3n) is 2.53. The lowest BCUT2D eigenvalue weighted by Crippen LogP contribution is -2.13. The van der Waals surface area contributed by atoms with Crippen molar-refractivity contribution >= 4 is 11.9 Å². The molecule has 0 aliphatic rings. The van der Waals surface area contributed by atoms with Gasteiger partial charge in [0, 0.05) is 13.3 Å². The Balaban J connectivity index is 3.42. The summed E-state index contributed by atoms with van der Waals surface area (Å²) in [4.78, 5) is 21.5. The number of nitrogens with zero attached hydrogens (tertiary/aromatic N) is 1. The van der Waals surface area contributed by atoms with Gasteiger partial charge in [0.25, 0.3) is 0 Å². The Morgan fingerprint density at radius 1 is 1.17 bits per heavy atom. The average Bonchev–Trinajstić information content (AvgIpc) is 2.35. The van der Waals surface area contributed by atoms with Crippen molar-refractivity contribution in [3.63, 3.8) is 0 Å². The van der Waals surface area contributed by atoms with Gasteiger partial charge in [0.2, 0.25) is 0 Å². The zero-order chi connectivity index (χ0) is 13.8. The van der Waals surface area contributed by atoms with Crippen molar-refractivity contribution in [1.82, 2.24) is 0 Å². The number of ether oxygens (including phenoxy) is 2. The first kappa shape index (κ1) is 16.4. The molecule has 0 bridgehead atoms. The Morgan fingerprint density at radius 2 is 1.78 bits per heavy atom. The van der Waals surface area contributed by atoms with Gasteiger partial charge in [-0.1, -0.05) is 19.3 Å². The molecule has 0 heterocycles. The van der Waals surface area contributed by atoms with Crippen molar-refractivity contribution < 1.29 is 19.1 Å². The number of carbonyl (C=O) groups is 2. The van der Waals surface area contributed by atoms with E-state index in [4.69, 9.17) is 10.00 Å². The molecule has 0 amide bonds. The summed E-state index contributed by atoms with van der Waals surface area (Å²) in [5.41, 5.74) is 0. The first-order chi connectivity index (χ1) is 8.60. The molecule has 0 radical (unpaired) electrons. The van der Waals surface area contributed by atoms with Crippen LogP contribution in [-0.2, 0) is 19.1 Å². The van der Waals surface area contributed by atoms with Gasteiger partial charge in [0.05, 0.1) is 7.11 Å². The maximum Gasteiger partial charge on any atom is 0.305 e. The van der Waals surface area contributed by atoms with E-state index in [1.807, 2.05) is 6.07 Å². The quantitative estimate of drug-likeness (QED) is 0.467. The van der Waals surface area contributed by atoms with E-state index >= 15 is 0 Å². The molecule has 0 N–H and O–H groups in total. The Bertz CT molecular complexity index is 296. The molecule has 0 saturated carbocycles. The van der Waals surface area contributed by atoms with Crippen LogP contribution >= 0.6 is 0 Å². The minimum Gasteiger partial charge on any atom is -0.469 e. The van der Waals surface area contributed by atoms with Crippen molar-refractivity contribution in [1.29, 1.82) is 5.26 Å². The minimum atomic E-state index is -0.627. The molecule has 0 saturated heterocycles. The highest BCUT2D eigenvalue weighted by Crippen LogP contribution is 2.10. The lowest BCUT2D eigenvalue weighted by atomic mass is 10.1. The molecule has 0 aromatic heterocycles. The number of hydrogen-bond donors (Lipinski definition) is 0. The van der Waals surface area contributed by atoms with E-state index in [2.05, 4.69) is 4.74 Å². The SMILES string of the molecule is COC(=O)CCCCCCCC(C#N)OC(C)=O. The third-order valence-corrected chi connectivity index (χ3v) is 2.53. The van der Waals surface area contributed by atoms with Gasteiger partial charge in [-0.3, -0.25) is 9.59 Å². The second-order valence-corrected chi connectivity index (χ2v) is 4.11. The van der Waals surface area contributed by atoms with Gasteiger partial charge in [-0.25, -0.2) is 0 Å². The number of carbonyl (C=O) groups excluding carboxylic acids is 2. The molecule has 0 aliphatic heterocycles. The highest BCUT2D eigenvalue weighted by atomic mass is 16.5. The van der Waals surface area contributed by atoms with E-state index in [9.17, 15) is 9.59 Å². The number of rotatable bonds is 9.